The van der Waals surface area contributed by atoms with Gasteiger partial charge in [-0.05, 0) is 25.7 Å². The van der Waals surface area contributed by atoms with Crippen LogP contribution in [0.15, 0.2) is 5.38 Å². The summed E-state index contributed by atoms with van der Waals surface area (Å²) in [7, 11) is 0. The molecule has 1 heterocycles. The van der Waals surface area contributed by atoms with Gasteiger partial charge in [-0.2, -0.15) is 0 Å². The highest BCUT2D eigenvalue weighted by Gasteiger charge is 2.21. The number of hydrogen-bond acceptors (Lipinski definition) is 4. The van der Waals surface area contributed by atoms with E-state index in [4.69, 9.17) is 4.74 Å². The summed E-state index contributed by atoms with van der Waals surface area (Å²) in [6.07, 6.45) is 5.35. The predicted molar refractivity (Wildman–Crippen MR) is 84.5 cm³/mol. The van der Waals surface area contributed by atoms with E-state index in [1.807, 2.05) is 12.3 Å². The van der Waals surface area contributed by atoms with Gasteiger partial charge in [0.2, 0.25) is 0 Å². The van der Waals surface area contributed by atoms with Gasteiger partial charge in [0, 0.05) is 17.6 Å². The van der Waals surface area contributed by atoms with E-state index in [1.54, 1.807) is 11.3 Å². The second kappa shape index (κ2) is 8.34. The van der Waals surface area contributed by atoms with Crippen LogP contribution in [0, 0.1) is 12.8 Å². The number of aromatic nitrogens is 1. The second-order valence-corrected chi connectivity index (χ2v) is 6.61. The third-order valence-electron chi connectivity index (χ3n) is 3.82. The van der Waals surface area contributed by atoms with Crippen LogP contribution in [0.1, 0.15) is 43.3 Å². The number of carbonyl (C=O) groups is 1. The fraction of sp³-hybridized carbons (Fsp3) is 0.733. The molecule has 1 aliphatic carbocycles. The number of aryl methyl sites for hydroxylation is 1. The third kappa shape index (κ3) is 5.63. The molecule has 0 aliphatic heterocycles. The van der Waals surface area contributed by atoms with Crippen LogP contribution in [0.2, 0.25) is 0 Å². The Morgan fingerprint density at radius 3 is 2.95 bits per heavy atom. The highest BCUT2D eigenvalue weighted by Crippen LogP contribution is 2.25. The number of urea groups is 1. The van der Waals surface area contributed by atoms with E-state index in [-0.39, 0.29) is 6.03 Å². The first-order valence-electron chi connectivity index (χ1n) is 7.69. The molecule has 0 aromatic carbocycles. The number of rotatable bonds is 6. The minimum Gasteiger partial charge on any atom is -0.376 e. The van der Waals surface area contributed by atoms with Gasteiger partial charge < -0.3 is 15.4 Å². The summed E-state index contributed by atoms with van der Waals surface area (Å²) in [5.74, 6) is 0.640. The molecule has 2 atom stereocenters. The number of nitrogens with one attached hydrogen (secondary N) is 2. The summed E-state index contributed by atoms with van der Waals surface area (Å²) >= 11 is 1.56. The molecule has 1 aromatic heterocycles. The smallest absolute Gasteiger partial charge is 0.315 e. The van der Waals surface area contributed by atoms with Crippen LogP contribution in [0.4, 0.5) is 4.79 Å². The van der Waals surface area contributed by atoms with Gasteiger partial charge in [-0.3, -0.25) is 0 Å². The molecule has 2 rings (SSSR count). The first-order chi connectivity index (χ1) is 10.1. The van der Waals surface area contributed by atoms with Crippen molar-refractivity contribution in [3.8, 4) is 0 Å². The molecule has 1 saturated carbocycles. The average molecular weight is 311 g/mol. The topological polar surface area (TPSA) is 63.2 Å². The molecule has 2 amide bonds. The molecule has 21 heavy (non-hydrogen) atoms. The fourth-order valence-electron chi connectivity index (χ4n) is 2.61. The average Bonchev–Trinajstić information content (AvgIpc) is 2.89. The molecule has 0 spiro atoms. The number of hydrogen-bond donors (Lipinski definition) is 2. The molecule has 1 fully saturated rings. The van der Waals surface area contributed by atoms with Crippen LogP contribution < -0.4 is 10.6 Å². The molecule has 6 heteroatoms. The minimum absolute atomic E-state index is 0.164. The van der Waals surface area contributed by atoms with E-state index in [1.165, 1.54) is 19.3 Å². The van der Waals surface area contributed by atoms with Crippen molar-refractivity contribution in [1.82, 2.24) is 15.6 Å². The van der Waals surface area contributed by atoms with Crippen molar-refractivity contribution >= 4 is 17.4 Å². The highest BCUT2D eigenvalue weighted by atomic mass is 32.1. The van der Waals surface area contributed by atoms with Crippen LogP contribution in [-0.2, 0) is 11.3 Å². The van der Waals surface area contributed by atoms with E-state index in [0.717, 1.165) is 17.1 Å². The Hall–Kier alpha value is -1.14. The van der Waals surface area contributed by atoms with Gasteiger partial charge in [-0.1, -0.05) is 19.8 Å². The number of nitrogens with zero attached hydrogens (tertiary/aromatic N) is 1. The normalized spacial score (nSPS) is 22.0. The van der Waals surface area contributed by atoms with Gasteiger partial charge in [0.15, 0.2) is 0 Å². The lowest BCUT2D eigenvalue weighted by atomic mass is 9.88. The molecular weight excluding hydrogens is 286 g/mol. The van der Waals surface area contributed by atoms with Crippen molar-refractivity contribution in [1.29, 1.82) is 0 Å². The number of ether oxygens (including phenoxy) is 1. The zero-order chi connectivity index (χ0) is 15.1. The van der Waals surface area contributed by atoms with Gasteiger partial charge in [0.05, 0.1) is 19.3 Å². The van der Waals surface area contributed by atoms with Gasteiger partial charge in [0.25, 0.3) is 0 Å². The maximum Gasteiger partial charge on any atom is 0.315 e. The molecule has 1 aliphatic rings. The van der Waals surface area contributed by atoms with Gasteiger partial charge in [-0.15, -0.1) is 11.3 Å². The van der Waals surface area contributed by atoms with Crippen LogP contribution in [0.5, 0.6) is 0 Å². The molecule has 0 unspecified atom stereocenters. The maximum absolute atomic E-state index is 11.6. The Bertz CT molecular complexity index is 450. The highest BCUT2D eigenvalue weighted by molar-refractivity contribution is 7.09. The summed E-state index contributed by atoms with van der Waals surface area (Å²) < 4.78 is 5.86. The molecule has 118 valence electrons. The molecule has 0 bridgehead atoms. The summed E-state index contributed by atoms with van der Waals surface area (Å²) in [5.41, 5.74) is 0.993. The van der Waals surface area contributed by atoms with Gasteiger partial charge >= 0.3 is 6.03 Å². The van der Waals surface area contributed by atoms with Crippen molar-refractivity contribution in [2.45, 2.75) is 52.2 Å². The van der Waals surface area contributed by atoms with Gasteiger partial charge in [0.1, 0.15) is 5.01 Å². The number of amides is 2. The van der Waals surface area contributed by atoms with Crippen LogP contribution >= 0.6 is 11.3 Å². The lowest BCUT2D eigenvalue weighted by Gasteiger charge is -2.28. The molecule has 0 saturated heterocycles. The van der Waals surface area contributed by atoms with E-state index < -0.39 is 0 Å². The Morgan fingerprint density at radius 1 is 1.43 bits per heavy atom. The number of carbonyl (C=O) groups excluding carboxylic acids is 1. The zero-order valence-electron chi connectivity index (χ0n) is 12.9. The summed E-state index contributed by atoms with van der Waals surface area (Å²) in [4.78, 5) is 15.9. The van der Waals surface area contributed by atoms with Crippen molar-refractivity contribution in [2.75, 3.05) is 13.2 Å². The third-order valence-corrected chi connectivity index (χ3v) is 4.79. The lowest BCUT2D eigenvalue weighted by Crippen LogP contribution is -2.38. The van der Waals surface area contributed by atoms with E-state index in [9.17, 15) is 4.79 Å². The Balaban J connectivity index is 1.54. The van der Waals surface area contributed by atoms with Crippen LogP contribution in [-0.4, -0.2) is 30.3 Å². The van der Waals surface area contributed by atoms with Crippen molar-refractivity contribution in [3.63, 3.8) is 0 Å². The first-order valence-corrected chi connectivity index (χ1v) is 8.57. The maximum atomic E-state index is 11.6. The lowest BCUT2D eigenvalue weighted by molar-refractivity contribution is -0.00243. The molecule has 1 aromatic rings. The van der Waals surface area contributed by atoms with E-state index in [0.29, 0.717) is 31.7 Å². The quantitative estimate of drug-likeness (QED) is 0.794. The second-order valence-electron chi connectivity index (χ2n) is 5.66. The van der Waals surface area contributed by atoms with Crippen molar-refractivity contribution < 1.29 is 9.53 Å². The molecule has 2 N–H and O–H groups in total. The van der Waals surface area contributed by atoms with Crippen molar-refractivity contribution in [2.24, 2.45) is 5.92 Å². The Kier molecular flexibility index (Phi) is 6.45. The minimum atomic E-state index is -0.164. The van der Waals surface area contributed by atoms with E-state index >= 15 is 0 Å². The SMILES string of the molecule is Cc1csc(CNC(=O)NCCO[C@H]2CCCC[C@H]2C)n1. The van der Waals surface area contributed by atoms with E-state index in [2.05, 4.69) is 22.5 Å². The Morgan fingerprint density at radius 2 is 2.24 bits per heavy atom. The van der Waals surface area contributed by atoms with Crippen LogP contribution in [0.3, 0.4) is 0 Å². The van der Waals surface area contributed by atoms with Gasteiger partial charge in [-0.25, -0.2) is 9.78 Å². The van der Waals surface area contributed by atoms with Crippen LogP contribution in [0.25, 0.3) is 0 Å². The zero-order valence-corrected chi connectivity index (χ0v) is 13.7. The monoisotopic (exact) mass is 311 g/mol. The standard InChI is InChI=1S/C15H25N3O2S/c1-11-5-3-4-6-13(11)20-8-7-16-15(19)17-9-14-18-12(2)10-21-14/h10-11,13H,3-9H2,1-2H3,(H2,16,17,19)/t11-,13+/m1/s1. The fourth-order valence-corrected chi connectivity index (χ4v) is 3.32. The predicted octanol–water partition coefficient (Wildman–Crippen LogP) is 2.85. The summed E-state index contributed by atoms with van der Waals surface area (Å²) in [6, 6.07) is -0.164. The molecule has 5 nitrogen and oxygen atoms in total. The summed E-state index contributed by atoms with van der Waals surface area (Å²) in [6.45, 7) is 5.80. The largest absolute Gasteiger partial charge is 0.376 e. The molecule has 0 radical (unpaired) electrons. The number of thiazole rings is 1. The Labute approximate surface area is 130 Å². The first kappa shape index (κ1) is 16.2. The molecular formula is C15H25N3O2S. The summed E-state index contributed by atoms with van der Waals surface area (Å²) in [5, 5.41) is 8.52. The van der Waals surface area contributed by atoms with Crippen molar-refractivity contribution in [3.05, 3.63) is 16.1 Å².